The maximum Gasteiger partial charge on any atom is 0.349 e. The highest BCUT2D eigenvalue weighted by molar-refractivity contribution is 5.96. The van der Waals surface area contributed by atoms with Crippen molar-refractivity contribution >= 4 is 16.9 Å². The summed E-state index contributed by atoms with van der Waals surface area (Å²) in [6.07, 6.45) is 1.94. The van der Waals surface area contributed by atoms with Gasteiger partial charge in [0.2, 0.25) is 0 Å². The average molecular weight is 273 g/mol. The third kappa shape index (κ3) is 2.90. The number of hydrogen-bond acceptors (Lipinski definition) is 3. The molecule has 0 saturated heterocycles. The average Bonchev–Trinajstić information content (AvgIpc) is 2.47. The van der Waals surface area contributed by atoms with E-state index in [2.05, 4.69) is 6.92 Å². The molecule has 0 spiro atoms. The standard InChI is InChI=1S/C16H19NO3/c1-3-5-10-17(4-2)15(18)13-11-12-8-6-7-9-14(12)20-16(13)19/h6-9,11H,3-5,10H2,1-2H3. The molecule has 0 N–H and O–H groups in total. The second-order valence-corrected chi connectivity index (χ2v) is 4.72. The first-order valence-corrected chi connectivity index (χ1v) is 6.99. The third-order valence-electron chi connectivity index (χ3n) is 3.32. The van der Waals surface area contributed by atoms with Crippen molar-refractivity contribution in [3.63, 3.8) is 0 Å². The van der Waals surface area contributed by atoms with E-state index in [0.717, 1.165) is 18.2 Å². The number of nitrogens with zero attached hydrogens (tertiary/aromatic N) is 1. The van der Waals surface area contributed by atoms with E-state index >= 15 is 0 Å². The number of amides is 1. The Bertz CT molecular complexity index is 660. The van der Waals surface area contributed by atoms with Crippen LogP contribution in [-0.2, 0) is 0 Å². The van der Waals surface area contributed by atoms with Gasteiger partial charge in [0, 0.05) is 18.5 Å². The molecule has 2 aromatic rings. The predicted molar refractivity (Wildman–Crippen MR) is 79.0 cm³/mol. The number of carbonyl (C=O) groups excluding carboxylic acids is 1. The lowest BCUT2D eigenvalue weighted by Gasteiger charge is -2.20. The third-order valence-corrected chi connectivity index (χ3v) is 3.32. The van der Waals surface area contributed by atoms with Crippen LogP contribution in [0.5, 0.6) is 0 Å². The molecule has 0 atom stereocenters. The minimum Gasteiger partial charge on any atom is -0.422 e. The van der Waals surface area contributed by atoms with Gasteiger partial charge in [-0.05, 0) is 25.5 Å². The van der Waals surface area contributed by atoms with Crippen LogP contribution in [0.1, 0.15) is 37.0 Å². The Kier molecular flexibility index (Phi) is 4.56. The molecule has 0 fully saturated rings. The van der Waals surface area contributed by atoms with Crippen molar-refractivity contribution in [3.8, 4) is 0 Å². The predicted octanol–water partition coefficient (Wildman–Crippen LogP) is 3.06. The van der Waals surface area contributed by atoms with Crippen LogP contribution in [0, 0.1) is 0 Å². The van der Waals surface area contributed by atoms with Gasteiger partial charge in [-0.2, -0.15) is 0 Å². The van der Waals surface area contributed by atoms with Crippen LogP contribution in [0.25, 0.3) is 11.0 Å². The summed E-state index contributed by atoms with van der Waals surface area (Å²) >= 11 is 0. The zero-order valence-electron chi connectivity index (χ0n) is 11.9. The van der Waals surface area contributed by atoms with Gasteiger partial charge in [0.1, 0.15) is 11.1 Å². The molecule has 4 heteroatoms. The molecule has 1 aromatic heterocycles. The molecule has 4 nitrogen and oxygen atoms in total. The Morgan fingerprint density at radius 3 is 2.70 bits per heavy atom. The summed E-state index contributed by atoms with van der Waals surface area (Å²) in [7, 11) is 0. The first kappa shape index (κ1) is 14.3. The van der Waals surface area contributed by atoms with Crippen LogP contribution in [0.3, 0.4) is 0 Å². The first-order chi connectivity index (χ1) is 9.67. The van der Waals surface area contributed by atoms with Crippen molar-refractivity contribution in [2.24, 2.45) is 0 Å². The molecule has 1 heterocycles. The fourth-order valence-corrected chi connectivity index (χ4v) is 2.13. The van der Waals surface area contributed by atoms with Crippen LogP contribution >= 0.6 is 0 Å². The summed E-state index contributed by atoms with van der Waals surface area (Å²) in [5.74, 6) is -0.250. The number of carbonyl (C=O) groups is 1. The van der Waals surface area contributed by atoms with Crippen molar-refractivity contribution < 1.29 is 9.21 Å². The Morgan fingerprint density at radius 1 is 1.25 bits per heavy atom. The first-order valence-electron chi connectivity index (χ1n) is 6.99. The van der Waals surface area contributed by atoms with Crippen molar-refractivity contribution in [1.29, 1.82) is 0 Å². The zero-order chi connectivity index (χ0) is 14.5. The van der Waals surface area contributed by atoms with Crippen molar-refractivity contribution in [2.45, 2.75) is 26.7 Å². The fraction of sp³-hybridized carbons (Fsp3) is 0.375. The second kappa shape index (κ2) is 6.37. The molecule has 0 bridgehead atoms. The van der Waals surface area contributed by atoms with Gasteiger partial charge in [-0.25, -0.2) is 4.79 Å². The Labute approximate surface area is 118 Å². The fourth-order valence-electron chi connectivity index (χ4n) is 2.13. The summed E-state index contributed by atoms with van der Waals surface area (Å²) in [5.41, 5.74) is 0.0518. The maximum atomic E-state index is 12.4. The molecule has 106 valence electrons. The highest BCUT2D eigenvalue weighted by Gasteiger charge is 2.18. The molecule has 0 saturated carbocycles. The number of fused-ring (bicyclic) bond motifs is 1. The van der Waals surface area contributed by atoms with Crippen LogP contribution in [0.2, 0.25) is 0 Å². The molecule has 0 unspecified atom stereocenters. The highest BCUT2D eigenvalue weighted by Crippen LogP contribution is 2.14. The van der Waals surface area contributed by atoms with Crippen LogP contribution in [-0.4, -0.2) is 23.9 Å². The van der Waals surface area contributed by atoms with Crippen LogP contribution < -0.4 is 5.63 Å². The van der Waals surface area contributed by atoms with Crippen LogP contribution in [0.15, 0.2) is 39.5 Å². The Morgan fingerprint density at radius 2 is 2.00 bits per heavy atom. The largest absolute Gasteiger partial charge is 0.422 e. The lowest BCUT2D eigenvalue weighted by atomic mass is 10.1. The van der Waals surface area contributed by atoms with Crippen molar-refractivity contribution in [1.82, 2.24) is 4.90 Å². The van der Waals surface area contributed by atoms with Gasteiger partial charge in [-0.15, -0.1) is 0 Å². The molecule has 1 amide bonds. The molecule has 2 rings (SSSR count). The second-order valence-electron chi connectivity index (χ2n) is 4.72. The summed E-state index contributed by atoms with van der Waals surface area (Å²) in [6.45, 7) is 5.24. The zero-order valence-corrected chi connectivity index (χ0v) is 11.9. The van der Waals surface area contributed by atoms with Gasteiger partial charge in [-0.1, -0.05) is 31.5 Å². The molecule has 1 aromatic carbocycles. The van der Waals surface area contributed by atoms with E-state index in [1.165, 1.54) is 0 Å². The molecule has 0 radical (unpaired) electrons. The SMILES string of the molecule is CCCCN(CC)C(=O)c1cc2ccccc2oc1=O. The number of hydrogen-bond donors (Lipinski definition) is 0. The molecule has 0 aliphatic heterocycles. The highest BCUT2D eigenvalue weighted by atomic mass is 16.4. The van der Waals surface area contributed by atoms with Gasteiger partial charge in [0.05, 0.1) is 0 Å². The Balaban J connectivity index is 2.38. The molecule has 0 aliphatic carbocycles. The van der Waals surface area contributed by atoms with Gasteiger partial charge in [0.15, 0.2) is 0 Å². The minimum atomic E-state index is -0.566. The maximum absolute atomic E-state index is 12.4. The molecular weight excluding hydrogens is 254 g/mol. The summed E-state index contributed by atoms with van der Waals surface area (Å²) < 4.78 is 5.21. The lowest BCUT2D eigenvalue weighted by Crippen LogP contribution is -2.34. The van der Waals surface area contributed by atoms with E-state index in [1.807, 2.05) is 19.1 Å². The molecule has 0 aliphatic rings. The lowest BCUT2D eigenvalue weighted by molar-refractivity contribution is 0.0758. The van der Waals surface area contributed by atoms with Gasteiger partial charge < -0.3 is 9.32 Å². The normalized spacial score (nSPS) is 10.7. The van der Waals surface area contributed by atoms with E-state index in [-0.39, 0.29) is 11.5 Å². The number of rotatable bonds is 5. The number of para-hydroxylation sites is 1. The summed E-state index contributed by atoms with van der Waals surface area (Å²) in [4.78, 5) is 26.1. The number of unbranched alkanes of at least 4 members (excludes halogenated alkanes) is 1. The summed E-state index contributed by atoms with van der Waals surface area (Å²) in [5, 5.41) is 0.766. The van der Waals surface area contributed by atoms with E-state index in [4.69, 9.17) is 4.42 Å². The van der Waals surface area contributed by atoms with Crippen molar-refractivity contribution in [2.75, 3.05) is 13.1 Å². The van der Waals surface area contributed by atoms with E-state index in [1.54, 1.807) is 23.1 Å². The number of benzene rings is 1. The molecular formula is C16H19NO3. The topological polar surface area (TPSA) is 50.5 Å². The van der Waals surface area contributed by atoms with Gasteiger partial charge in [-0.3, -0.25) is 4.79 Å². The van der Waals surface area contributed by atoms with E-state index in [0.29, 0.717) is 18.7 Å². The Hall–Kier alpha value is -2.10. The monoisotopic (exact) mass is 273 g/mol. The van der Waals surface area contributed by atoms with Gasteiger partial charge in [0.25, 0.3) is 5.91 Å². The molecule has 20 heavy (non-hydrogen) atoms. The van der Waals surface area contributed by atoms with Crippen molar-refractivity contribution in [3.05, 3.63) is 46.3 Å². The summed E-state index contributed by atoms with van der Waals surface area (Å²) in [6, 6.07) is 8.83. The minimum absolute atomic E-state index is 0.113. The smallest absolute Gasteiger partial charge is 0.349 e. The quantitative estimate of drug-likeness (QED) is 0.787. The van der Waals surface area contributed by atoms with Crippen LogP contribution in [0.4, 0.5) is 0 Å². The van der Waals surface area contributed by atoms with E-state index < -0.39 is 5.63 Å². The van der Waals surface area contributed by atoms with E-state index in [9.17, 15) is 9.59 Å². The van der Waals surface area contributed by atoms with Gasteiger partial charge >= 0.3 is 5.63 Å².